The quantitative estimate of drug-likeness (QED) is 0.279. The molecular formula is C31H34F2N6O3. The molecule has 0 radical (unpaired) electrons. The highest BCUT2D eigenvalue weighted by Gasteiger charge is 2.46. The SMILES string of the molecule is CCCC#Cc1ccc(OC)c(-c2nn(CC(=O)N3CC(F)(F)C3)cc2CC(CC)C(O)c2cnn3cccnc23)c1. The molecule has 0 aliphatic carbocycles. The summed E-state index contributed by atoms with van der Waals surface area (Å²) in [5.74, 6) is 3.40. The molecule has 1 amide bonds. The second-order valence-corrected chi connectivity index (χ2v) is 10.6. The van der Waals surface area contributed by atoms with Gasteiger partial charge in [-0.15, -0.1) is 0 Å². The van der Waals surface area contributed by atoms with E-state index in [-0.39, 0.29) is 12.5 Å². The third-order valence-corrected chi connectivity index (χ3v) is 7.47. The van der Waals surface area contributed by atoms with Gasteiger partial charge in [-0.25, -0.2) is 18.3 Å². The zero-order chi connectivity index (χ0) is 29.9. The molecule has 1 aliphatic rings. The van der Waals surface area contributed by atoms with Crippen molar-refractivity contribution in [2.75, 3.05) is 20.2 Å². The summed E-state index contributed by atoms with van der Waals surface area (Å²) in [5, 5.41) is 20.5. The number of unbranched alkanes of at least 4 members (excludes halogenated alkanes) is 1. The van der Waals surface area contributed by atoms with Crippen LogP contribution >= 0.6 is 0 Å². The predicted octanol–water partition coefficient (Wildman–Crippen LogP) is 4.53. The van der Waals surface area contributed by atoms with Crippen molar-refractivity contribution in [3.63, 3.8) is 0 Å². The first-order valence-corrected chi connectivity index (χ1v) is 14.1. The number of likely N-dealkylation sites (tertiary alicyclic amines) is 1. The number of carbonyl (C=O) groups excluding carboxylic acids is 1. The first-order valence-electron chi connectivity index (χ1n) is 14.1. The Labute approximate surface area is 243 Å². The van der Waals surface area contributed by atoms with E-state index in [2.05, 4.69) is 28.8 Å². The molecule has 3 aromatic heterocycles. The van der Waals surface area contributed by atoms with Gasteiger partial charge in [0.05, 0.1) is 38.2 Å². The minimum absolute atomic E-state index is 0.182. The molecule has 4 heterocycles. The Hall–Kier alpha value is -4.30. The van der Waals surface area contributed by atoms with Crippen LogP contribution in [0.5, 0.6) is 5.75 Å². The van der Waals surface area contributed by atoms with E-state index in [0.717, 1.165) is 28.9 Å². The summed E-state index contributed by atoms with van der Waals surface area (Å²) in [6.45, 7) is 2.71. The van der Waals surface area contributed by atoms with Gasteiger partial charge in [0.25, 0.3) is 5.92 Å². The fraction of sp³-hybridized carbons (Fsp3) is 0.419. The van der Waals surface area contributed by atoms with E-state index in [0.29, 0.717) is 41.1 Å². The average molecular weight is 577 g/mol. The van der Waals surface area contributed by atoms with Gasteiger partial charge in [0.2, 0.25) is 5.91 Å². The number of aromatic nitrogens is 5. The molecule has 4 aromatic rings. The summed E-state index contributed by atoms with van der Waals surface area (Å²) in [4.78, 5) is 18.3. The number of benzene rings is 1. The highest BCUT2D eigenvalue weighted by molar-refractivity contribution is 5.77. The number of alkyl halides is 2. The molecule has 0 spiro atoms. The van der Waals surface area contributed by atoms with Crippen molar-refractivity contribution in [1.29, 1.82) is 0 Å². The van der Waals surface area contributed by atoms with Gasteiger partial charge in [0, 0.05) is 41.7 Å². The molecule has 1 aromatic carbocycles. The van der Waals surface area contributed by atoms with Crippen molar-refractivity contribution in [1.82, 2.24) is 29.3 Å². The second kappa shape index (κ2) is 12.3. The number of methoxy groups -OCH3 is 1. The Morgan fingerprint density at radius 3 is 2.79 bits per heavy atom. The minimum Gasteiger partial charge on any atom is -0.496 e. The van der Waals surface area contributed by atoms with Gasteiger partial charge < -0.3 is 14.7 Å². The summed E-state index contributed by atoms with van der Waals surface area (Å²) in [5.41, 5.74) is 4.05. The van der Waals surface area contributed by atoms with E-state index in [9.17, 15) is 18.7 Å². The lowest BCUT2D eigenvalue weighted by Gasteiger charge is -2.38. The highest BCUT2D eigenvalue weighted by atomic mass is 19.3. The second-order valence-electron chi connectivity index (χ2n) is 10.6. The molecule has 9 nitrogen and oxygen atoms in total. The Morgan fingerprint density at radius 2 is 2.07 bits per heavy atom. The van der Waals surface area contributed by atoms with Gasteiger partial charge in [-0.05, 0) is 48.6 Å². The average Bonchev–Trinajstić information content (AvgIpc) is 3.58. The summed E-state index contributed by atoms with van der Waals surface area (Å²) in [7, 11) is 1.57. The van der Waals surface area contributed by atoms with Gasteiger partial charge in [0.15, 0.2) is 5.65 Å². The van der Waals surface area contributed by atoms with Crippen LogP contribution in [0.3, 0.4) is 0 Å². The third-order valence-electron chi connectivity index (χ3n) is 7.47. The van der Waals surface area contributed by atoms with Crippen molar-refractivity contribution in [2.45, 2.75) is 58.1 Å². The standard InChI is InChI=1S/C31H34F2N6O3/c1-4-6-7-9-21-10-11-26(42-3)24(14-21)28-23(17-38(36-28)18-27(40)37-19-31(32,33)20-37)15-22(5-2)29(41)25-16-35-39-13-8-12-34-30(25)39/h8,10-14,16-17,22,29,41H,4-6,15,18-20H2,1-3H3. The maximum atomic E-state index is 13.4. The Balaban J connectivity index is 1.51. The zero-order valence-corrected chi connectivity index (χ0v) is 23.9. The molecule has 2 unspecified atom stereocenters. The molecule has 1 fully saturated rings. The molecular weight excluding hydrogens is 542 g/mol. The van der Waals surface area contributed by atoms with Crippen LogP contribution in [-0.2, 0) is 17.8 Å². The first kappa shape index (κ1) is 29.2. The van der Waals surface area contributed by atoms with Gasteiger partial charge in [-0.2, -0.15) is 10.2 Å². The zero-order valence-electron chi connectivity index (χ0n) is 23.9. The lowest BCUT2D eigenvalue weighted by molar-refractivity contribution is -0.166. The van der Waals surface area contributed by atoms with Crippen LogP contribution in [-0.4, -0.2) is 66.4 Å². The molecule has 5 rings (SSSR count). The van der Waals surface area contributed by atoms with E-state index in [4.69, 9.17) is 9.84 Å². The van der Waals surface area contributed by atoms with Crippen LogP contribution in [0.15, 0.2) is 49.1 Å². The Morgan fingerprint density at radius 1 is 1.26 bits per heavy atom. The molecule has 0 saturated carbocycles. The number of ether oxygens (including phenoxy) is 1. The number of hydrogen-bond acceptors (Lipinski definition) is 6. The van der Waals surface area contributed by atoms with Crippen LogP contribution in [0.25, 0.3) is 16.9 Å². The normalized spacial score (nSPS) is 15.5. The van der Waals surface area contributed by atoms with Crippen LogP contribution in [0.1, 0.15) is 55.9 Å². The number of hydrogen-bond donors (Lipinski definition) is 1. The third kappa shape index (κ3) is 6.14. The van der Waals surface area contributed by atoms with Crippen LogP contribution in [0.2, 0.25) is 0 Å². The number of amides is 1. The van der Waals surface area contributed by atoms with Crippen molar-refractivity contribution in [3.8, 4) is 28.8 Å². The van der Waals surface area contributed by atoms with E-state index < -0.39 is 31.0 Å². The van der Waals surface area contributed by atoms with Gasteiger partial charge in [-0.1, -0.05) is 32.1 Å². The number of nitrogens with zero attached hydrogens (tertiary/aromatic N) is 6. The number of aliphatic hydroxyl groups excluding tert-OH is 1. The number of carbonyl (C=O) groups is 1. The fourth-order valence-electron chi connectivity index (χ4n) is 5.18. The first-order chi connectivity index (χ1) is 20.2. The maximum absolute atomic E-state index is 13.4. The van der Waals surface area contributed by atoms with Gasteiger partial charge in [0.1, 0.15) is 12.3 Å². The van der Waals surface area contributed by atoms with Crippen LogP contribution < -0.4 is 4.74 Å². The van der Waals surface area contributed by atoms with Gasteiger partial charge >= 0.3 is 0 Å². The summed E-state index contributed by atoms with van der Waals surface area (Å²) in [6.07, 6.45) is 8.72. The molecule has 0 bridgehead atoms. The van der Waals surface area contributed by atoms with Crippen molar-refractivity contribution in [2.24, 2.45) is 5.92 Å². The van der Waals surface area contributed by atoms with Crippen LogP contribution in [0.4, 0.5) is 8.78 Å². The van der Waals surface area contributed by atoms with E-state index in [1.54, 1.807) is 42.5 Å². The van der Waals surface area contributed by atoms with Gasteiger partial charge in [-0.3, -0.25) is 9.48 Å². The van der Waals surface area contributed by atoms with E-state index >= 15 is 0 Å². The molecule has 1 aliphatic heterocycles. The van der Waals surface area contributed by atoms with Crippen molar-refractivity contribution in [3.05, 3.63) is 65.7 Å². The molecule has 11 heteroatoms. The monoisotopic (exact) mass is 576 g/mol. The molecule has 1 saturated heterocycles. The smallest absolute Gasteiger partial charge is 0.282 e. The largest absolute Gasteiger partial charge is 0.496 e. The lowest BCUT2D eigenvalue weighted by Crippen LogP contribution is -2.59. The summed E-state index contributed by atoms with van der Waals surface area (Å²) in [6, 6.07) is 7.39. The van der Waals surface area contributed by atoms with E-state index in [1.165, 1.54) is 4.68 Å². The van der Waals surface area contributed by atoms with E-state index in [1.807, 2.05) is 25.1 Å². The number of halogens is 2. The number of rotatable bonds is 10. The molecule has 220 valence electrons. The lowest BCUT2D eigenvalue weighted by atomic mass is 9.88. The van der Waals surface area contributed by atoms with Crippen molar-refractivity contribution >= 4 is 11.6 Å². The summed E-state index contributed by atoms with van der Waals surface area (Å²) >= 11 is 0. The Bertz CT molecular complexity index is 1630. The predicted molar refractivity (Wildman–Crippen MR) is 153 cm³/mol. The van der Waals surface area contributed by atoms with Crippen LogP contribution in [0, 0.1) is 17.8 Å². The summed E-state index contributed by atoms with van der Waals surface area (Å²) < 4.78 is 35.6. The van der Waals surface area contributed by atoms with Crippen molar-refractivity contribution < 1.29 is 23.4 Å². The fourth-order valence-corrected chi connectivity index (χ4v) is 5.18. The topological polar surface area (TPSA) is 97.8 Å². The maximum Gasteiger partial charge on any atom is 0.282 e. The highest BCUT2D eigenvalue weighted by Crippen LogP contribution is 2.36. The molecule has 2 atom stereocenters. The Kier molecular flexibility index (Phi) is 8.54. The molecule has 42 heavy (non-hydrogen) atoms. The number of fused-ring (bicyclic) bond motifs is 1. The minimum atomic E-state index is -2.85. The number of aliphatic hydroxyl groups is 1. The molecule has 1 N–H and O–H groups in total.